The van der Waals surface area contributed by atoms with Crippen LogP contribution in [0.1, 0.15) is 144 Å². The van der Waals surface area contributed by atoms with E-state index in [2.05, 4.69) is 38.5 Å². The van der Waals surface area contributed by atoms with Gasteiger partial charge in [0.1, 0.15) is 73.7 Å². The zero-order chi connectivity index (χ0) is 88.1. The lowest BCUT2D eigenvalue weighted by Gasteiger charge is -2.24. The lowest BCUT2D eigenvalue weighted by molar-refractivity contribution is -0.139. The molecule has 6 fully saturated rings. The van der Waals surface area contributed by atoms with Gasteiger partial charge in [0.05, 0.1) is 52.1 Å². The maximum absolute atomic E-state index is 14.4. The van der Waals surface area contributed by atoms with Crippen LogP contribution in [0.5, 0.6) is 0 Å². The molecule has 3 aromatic heterocycles. The number of carboxylic acid groups (broad SMARTS) is 1. The first-order valence-electron chi connectivity index (χ1n) is 39.2. The molecule has 2 aliphatic carbocycles. The molecule has 7 heterocycles. The normalized spacial score (nSPS) is 18.8. The summed E-state index contributed by atoms with van der Waals surface area (Å²) in [6, 6.07) is 24.3. The lowest BCUT2D eigenvalue weighted by Crippen LogP contribution is -2.46. The largest absolute Gasteiger partial charge is 0.478 e. The molecule has 6 aliphatic rings. The van der Waals surface area contributed by atoms with Gasteiger partial charge < -0.3 is 70.6 Å². The molecule has 6 aromatic carbocycles. The molecule has 7 atom stereocenters. The number of amides is 8. The first-order valence-corrected chi connectivity index (χ1v) is 40.4. The number of fused-ring (bicyclic) bond motifs is 3. The Morgan fingerprint density at radius 3 is 1.24 bits per heavy atom. The third-order valence-electron chi connectivity index (χ3n) is 21.1. The SMILES string of the molecule is CC(=O)c1cn(CC(=O)N2C[C@H](F)C[C@H]2C(=O)NCc2cccc(Cl)c2F)c2ccc(C(=O)O)cc12.CC(=O)c1cn(CC(=O)N2C[C@H](F)C[C@H]2C(=O)NCc2cccc(Cl)c2F)c2ccc(N=C=O)cc12.CC(=O)c1cn(CC(=O)N2C[C@H](F)C[C@H]2C(=O)NCc2cccc(Cl)c2F)c2ccc(NC(=O)NC3CC3)cc12.CC1CCCO1.NC1CC1. The number of benzene rings is 6. The summed E-state index contributed by atoms with van der Waals surface area (Å²) in [6.07, 6.45) is 8.63. The number of nitrogens with one attached hydrogen (secondary N) is 5. The number of anilines is 1. The third kappa shape index (κ3) is 23.1. The molecule has 8 N–H and O–H groups in total. The predicted molar refractivity (Wildman–Crippen MR) is 442 cm³/mol. The van der Waals surface area contributed by atoms with Gasteiger partial charge in [-0.15, -0.1) is 0 Å². The number of rotatable bonds is 22. The van der Waals surface area contributed by atoms with E-state index in [1.165, 1.54) is 152 Å². The first kappa shape index (κ1) is 91.0. The number of isocyanates is 1. The van der Waals surface area contributed by atoms with Gasteiger partial charge in [0.15, 0.2) is 17.3 Å². The van der Waals surface area contributed by atoms with E-state index >= 15 is 0 Å². The predicted octanol–water partition coefficient (Wildman–Crippen LogP) is 12.9. The van der Waals surface area contributed by atoms with E-state index in [0.717, 1.165) is 29.2 Å². The van der Waals surface area contributed by atoms with Crippen LogP contribution in [0.25, 0.3) is 32.7 Å². The van der Waals surface area contributed by atoms with Gasteiger partial charge in [-0.25, -0.2) is 40.7 Å². The molecular weight excluding hydrogens is 1660 g/mol. The van der Waals surface area contributed by atoms with Crippen molar-refractivity contribution in [3.8, 4) is 0 Å². The summed E-state index contributed by atoms with van der Waals surface area (Å²) in [7, 11) is 0. The maximum atomic E-state index is 14.4. The van der Waals surface area contributed by atoms with Gasteiger partial charge >= 0.3 is 12.0 Å². The number of nitrogens with two attached hydrogens (primary N) is 1. The number of aromatic nitrogens is 3. The highest BCUT2D eigenvalue weighted by atomic mass is 35.5. The van der Waals surface area contributed by atoms with Crippen molar-refractivity contribution in [2.75, 3.05) is 31.6 Å². The molecule has 4 saturated heterocycles. The summed E-state index contributed by atoms with van der Waals surface area (Å²) < 4.78 is 95.2. The highest BCUT2D eigenvalue weighted by Gasteiger charge is 2.43. The monoisotopic (exact) mass is 1750 g/mol. The Bertz CT molecular complexity index is 5370. The molecule has 0 spiro atoms. The minimum Gasteiger partial charge on any atom is -0.478 e. The zero-order valence-corrected chi connectivity index (χ0v) is 68.9. The summed E-state index contributed by atoms with van der Waals surface area (Å²) in [6.45, 7) is 5.08. The highest BCUT2D eigenvalue weighted by molar-refractivity contribution is 6.31. The Morgan fingerprint density at radius 1 is 0.525 bits per heavy atom. The van der Waals surface area contributed by atoms with Crippen molar-refractivity contribution < 1.29 is 93.7 Å². The van der Waals surface area contributed by atoms with Crippen LogP contribution in [0, 0.1) is 17.5 Å². The second-order valence-electron chi connectivity index (χ2n) is 30.4. The molecule has 15 rings (SSSR count). The standard InChI is InChI=1S/C28H28ClF2N5O4.C25H21ClF2N4O4.C25H22ClF2N3O5.C5H10O.C3H7N/c1-15(37)21-13-35(23-8-7-19(10-20(21)23)34-28(40)33-18-5-6-18)14-25(38)36-12-17(30)9-24(36)27(39)32-11-16-3-2-4-22(29)26(16)31;1-14(34)19-11-31(21-6-5-17(30-13-33)8-18(19)21)12-23(35)32-10-16(27)7-22(32)25(36)29-9-15-3-2-4-20(26)24(15)28;1-13(32)18-11-30(20-6-5-14(25(35)36)7-17(18)20)12-22(33)31-10-16(27)8-21(31)24(34)29-9-15-3-2-4-19(26)23(15)28;1-5-3-2-4-6-5;4-3-1-2-3/h2-4,7-8,10,13,17-18,24H,5-6,9,11-12,14H2,1H3,(H,32,39)(H2,33,34,40);2-6,8,11,16,22H,7,9-10,12H2,1H3,(H,29,36);2-7,11,16,21H,8-10,12H2,1H3,(H,29,34)(H,35,36);5H,2-4H2,1H3;3H,1-2,4H2/t17-,24+;16-,22+;16-,21+;;/m111../s1. The molecular formula is C86H88Cl3F6N13O14. The van der Waals surface area contributed by atoms with Crippen LogP contribution in [0.15, 0.2) is 133 Å². The number of aromatic carboxylic acids is 1. The number of hydrogen-bond donors (Lipinski definition) is 7. The van der Waals surface area contributed by atoms with Crippen molar-refractivity contribution in [1.82, 2.24) is 49.7 Å². The van der Waals surface area contributed by atoms with Crippen LogP contribution < -0.4 is 32.3 Å². The Balaban J connectivity index is 0.000000168. The zero-order valence-electron chi connectivity index (χ0n) is 66.6. The van der Waals surface area contributed by atoms with E-state index in [9.17, 15) is 89.0 Å². The Morgan fingerprint density at radius 2 is 0.902 bits per heavy atom. The maximum Gasteiger partial charge on any atom is 0.335 e. The molecule has 2 saturated carbocycles. The summed E-state index contributed by atoms with van der Waals surface area (Å²) >= 11 is 17.3. The second kappa shape index (κ2) is 40.8. The van der Waals surface area contributed by atoms with E-state index in [0.29, 0.717) is 67.4 Å². The fourth-order valence-electron chi connectivity index (χ4n) is 14.5. The van der Waals surface area contributed by atoms with Gasteiger partial charge in [0.2, 0.25) is 41.5 Å². The Labute approximate surface area is 710 Å². The molecule has 122 heavy (non-hydrogen) atoms. The summed E-state index contributed by atoms with van der Waals surface area (Å²) in [4.78, 5) is 156. The van der Waals surface area contributed by atoms with Gasteiger partial charge in [-0.2, -0.15) is 4.99 Å². The number of Topliss-reactive ketones (excluding diaryl/α,β-unsaturated/α-hetero) is 3. The average molecular weight is 1750 g/mol. The number of ether oxygens (including phenoxy) is 1. The molecule has 1 unspecified atom stereocenters. The fourth-order valence-corrected chi connectivity index (χ4v) is 15.0. The number of carbonyl (C=O) groups excluding carboxylic acids is 11. The number of alkyl halides is 3. The molecule has 0 radical (unpaired) electrons. The Hall–Kier alpha value is -11.7. The smallest absolute Gasteiger partial charge is 0.335 e. The van der Waals surface area contributed by atoms with Gasteiger partial charge in [0, 0.05) is 148 Å². The Kier molecular flexibility index (Phi) is 30.4. The van der Waals surface area contributed by atoms with Gasteiger partial charge in [-0.05, 0) is 139 Å². The quantitative estimate of drug-likeness (QED) is 0.0143. The van der Waals surface area contributed by atoms with E-state index < -0.39 is 95.5 Å². The topological polar surface area (TPSA) is 357 Å². The molecule has 644 valence electrons. The highest BCUT2D eigenvalue weighted by Crippen LogP contribution is 2.33. The van der Waals surface area contributed by atoms with Crippen molar-refractivity contribution in [1.29, 1.82) is 0 Å². The van der Waals surface area contributed by atoms with E-state index in [1.807, 2.05) is 0 Å². The lowest BCUT2D eigenvalue weighted by atomic mass is 10.1. The summed E-state index contributed by atoms with van der Waals surface area (Å²) in [5, 5.41) is 23.7. The van der Waals surface area contributed by atoms with Crippen LogP contribution in [0.2, 0.25) is 15.1 Å². The van der Waals surface area contributed by atoms with E-state index in [-0.39, 0.29) is 150 Å². The number of carboxylic acids is 1. The van der Waals surface area contributed by atoms with E-state index in [4.69, 9.17) is 45.3 Å². The van der Waals surface area contributed by atoms with Crippen molar-refractivity contribution in [2.24, 2.45) is 10.7 Å². The van der Waals surface area contributed by atoms with Crippen LogP contribution in [0.4, 0.5) is 42.5 Å². The minimum absolute atomic E-state index is 0.0123. The number of hydrogen-bond acceptors (Lipinski definition) is 15. The molecule has 9 aromatic rings. The van der Waals surface area contributed by atoms with Gasteiger partial charge in [-0.1, -0.05) is 71.2 Å². The van der Waals surface area contributed by atoms with Crippen LogP contribution in [-0.4, -0.2) is 185 Å². The number of ketones is 3. The van der Waals surface area contributed by atoms with Crippen LogP contribution >= 0.6 is 34.8 Å². The number of likely N-dealkylation sites (tertiary alicyclic amines) is 3. The van der Waals surface area contributed by atoms with Crippen molar-refractivity contribution in [2.45, 2.75) is 180 Å². The molecule has 4 aliphatic heterocycles. The summed E-state index contributed by atoms with van der Waals surface area (Å²) in [5.74, 6) is -7.38. The third-order valence-corrected chi connectivity index (χ3v) is 22.0. The average Bonchev–Trinajstić information content (AvgIpc) is 1.64. The van der Waals surface area contributed by atoms with E-state index in [1.54, 1.807) is 47.2 Å². The molecule has 8 amide bonds. The van der Waals surface area contributed by atoms with Gasteiger partial charge in [0.25, 0.3) is 0 Å². The van der Waals surface area contributed by atoms with Crippen molar-refractivity contribution >= 4 is 150 Å². The number of urea groups is 1. The van der Waals surface area contributed by atoms with Crippen molar-refractivity contribution in [3.63, 3.8) is 0 Å². The number of nitrogens with zero attached hydrogens (tertiary/aromatic N) is 7. The second-order valence-corrected chi connectivity index (χ2v) is 31.6. The van der Waals surface area contributed by atoms with Crippen LogP contribution in [0.3, 0.4) is 0 Å². The summed E-state index contributed by atoms with van der Waals surface area (Å²) in [5.41, 5.74) is 8.96. The fraction of sp³-hybridized carbons (Fsp3) is 0.372. The number of carbonyl (C=O) groups is 11. The number of halogens is 9. The first-order chi connectivity index (χ1) is 58.1. The molecule has 27 nitrogen and oxygen atoms in total. The number of aliphatic imine (C=N–C) groups is 1. The van der Waals surface area contributed by atoms with Gasteiger partial charge in [-0.3, -0.25) is 43.2 Å². The minimum atomic E-state index is -1.42. The molecule has 0 bridgehead atoms. The van der Waals surface area contributed by atoms with Crippen LogP contribution in [-0.2, 0) is 77.6 Å². The molecule has 36 heteroatoms. The van der Waals surface area contributed by atoms with Crippen molar-refractivity contribution in [3.05, 3.63) is 199 Å².